The van der Waals surface area contributed by atoms with E-state index in [2.05, 4.69) is 0 Å². The second-order valence-electron chi connectivity index (χ2n) is 7.97. The maximum Gasteiger partial charge on any atom is 0.254 e. The average Bonchev–Trinajstić information content (AvgIpc) is 2.86. The molecule has 2 atom stereocenters. The second-order valence-corrected chi connectivity index (χ2v) is 10.1. The first-order valence-corrected chi connectivity index (χ1v) is 10.4. The zero-order valence-electron chi connectivity index (χ0n) is 15.1. The van der Waals surface area contributed by atoms with Crippen molar-refractivity contribution < 1.29 is 22.4 Å². The van der Waals surface area contributed by atoms with Crippen molar-refractivity contribution in [3.05, 3.63) is 35.6 Å². The van der Waals surface area contributed by atoms with Gasteiger partial charge < -0.3 is 9.80 Å². The van der Waals surface area contributed by atoms with Crippen molar-refractivity contribution in [2.75, 3.05) is 24.6 Å². The van der Waals surface area contributed by atoms with Crippen molar-refractivity contribution in [2.45, 2.75) is 32.9 Å². The fourth-order valence-corrected chi connectivity index (χ4v) is 5.66. The lowest BCUT2D eigenvalue weighted by Crippen LogP contribution is -2.63. The number of rotatable bonds is 1. The summed E-state index contributed by atoms with van der Waals surface area (Å²) in [7, 11) is -3.36. The Hall–Kier alpha value is -1.96. The monoisotopic (exact) mass is 382 g/mol. The van der Waals surface area contributed by atoms with Crippen molar-refractivity contribution in [3.63, 3.8) is 0 Å². The summed E-state index contributed by atoms with van der Waals surface area (Å²) in [6.45, 7) is 5.87. The standard InChI is InChI=1S/C18H23FN2O4S/c1-18(2,3)17(23)21-8-7-20(14-10-26(24,25)11-15(14)21)16(22)12-5-4-6-13(19)9-12/h4-6,9,14-15H,7-8,10-11H2,1-3H3. The normalized spacial score (nSPS) is 25.1. The van der Waals surface area contributed by atoms with Crippen LogP contribution in [0.1, 0.15) is 31.1 Å². The van der Waals surface area contributed by atoms with Gasteiger partial charge in [0, 0.05) is 24.1 Å². The van der Waals surface area contributed by atoms with Gasteiger partial charge in [-0.3, -0.25) is 9.59 Å². The topological polar surface area (TPSA) is 74.8 Å². The molecule has 2 saturated heterocycles. The smallest absolute Gasteiger partial charge is 0.254 e. The molecule has 6 nitrogen and oxygen atoms in total. The van der Waals surface area contributed by atoms with Gasteiger partial charge in [0.2, 0.25) is 5.91 Å². The molecule has 2 unspecified atom stereocenters. The Labute approximate surface area is 152 Å². The maximum absolute atomic E-state index is 13.5. The number of amides is 2. The van der Waals surface area contributed by atoms with Gasteiger partial charge in [0.1, 0.15) is 5.82 Å². The van der Waals surface area contributed by atoms with Gasteiger partial charge in [-0.05, 0) is 18.2 Å². The summed E-state index contributed by atoms with van der Waals surface area (Å²) in [6.07, 6.45) is 0. The van der Waals surface area contributed by atoms with E-state index in [4.69, 9.17) is 0 Å². The van der Waals surface area contributed by atoms with Crippen LogP contribution in [0.3, 0.4) is 0 Å². The summed E-state index contributed by atoms with van der Waals surface area (Å²) in [6, 6.07) is 4.20. The summed E-state index contributed by atoms with van der Waals surface area (Å²) in [5.74, 6) is -1.37. The van der Waals surface area contributed by atoms with E-state index in [-0.39, 0.29) is 36.1 Å². The molecule has 26 heavy (non-hydrogen) atoms. The number of halogens is 1. The Balaban J connectivity index is 1.92. The molecule has 142 valence electrons. The minimum atomic E-state index is -3.36. The van der Waals surface area contributed by atoms with Gasteiger partial charge in [-0.25, -0.2) is 12.8 Å². The third-order valence-electron chi connectivity index (χ3n) is 4.91. The van der Waals surface area contributed by atoms with Crippen LogP contribution in [0.15, 0.2) is 24.3 Å². The van der Waals surface area contributed by atoms with Crippen LogP contribution in [0.2, 0.25) is 0 Å². The lowest BCUT2D eigenvalue weighted by molar-refractivity contribution is -0.144. The van der Waals surface area contributed by atoms with Crippen LogP contribution in [0.5, 0.6) is 0 Å². The van der Waals surface area contributed by atoms with Gasteiger partial charge in [-0.1, -0.05) is 26.8 Å². The number of hydrogen-bond acceptors (Lipinski definition) is 4. The average molecular weight is 382 g/mol. The van der Waals surface area contributed by atoms with Gasteiger partial charge in [0.05, 0.1) is 23.6 Å². The van der Waals surface area contributed by atoms with E-state index in [0.29, 0.717) is 0 Å². The fourth-order valence-electron chi connectivity index (χ4n) is 3.68. The van der Waals surface area contributed by atoms with Crippen molar-refractivity contribution >= 4 is 21.7 Å². The van der Waals surface area contributed by atoms with Crippen LogP contribution < -0.4 is 0 Å². The van der Waals surface area contributed by atoms with E-state index in [1.807, 2.05) is 0 Å². The quantitative estimate of drug-likeness (QED) is 0.734. The zero-order valence-corrected chi connectivity index (χ0v) is 15.9. The van der Waals surface area contributed by atoms with Crippen LogP contribution in [0.25, 0.3) is 0 Å². The Kier molecular flexibility index (Phi) is 4.58. The molecule has 2 aliphatic rings. The highest BCUT2D eigenvalue weighted by atomic mass is 32.2. The molecule has 8 heteroatoms. The third-order valence-corrected chi connectivity index (χ3v) is 6.61. The Morgan fingerprint density at radius 3 is 2.23 bits per heavy atom. The van der Waals surface area contributed by atoms with E-state index in [1.165, 1.54) is 23.1 Å². The molecular weight excluding hydrogens is 359 g/mol. The van der Waals surface area contributed by atoms with E-state index in [1.54, 1.807) is 25.7 Å². The number of nitrogens with zero attached hydrogens (tertiary/aromatic N) is 2. The Bertz CT molecular complexity index is 847. The first-order valence-electron chi connectivity index (χ1n) is 8.58. The predicted octanol–water partition coefficient (Wildman–Crippen LogP) is 1.32. The second kappa shape index (κ2) is 6.33. The molecule has 2 amide bonds. The number of sulfone groups is 1. The van der Waals surface area contributed by atoms with Crippen molar-refractivity contribution in [2.24, 2.45) is 5.41 Å². The molecule has 0 bridgehead atoms. The van der Waals surface area contributed by atoms with Crippen LogP contribution >= 0.6 is 0 Å². The van der Waals surface area contributed by atoms with Crippen molar-refractivity contribution in [3.8, 4) is 0 Å². The summed E-state index contributed by atoms with van der Waals surface area (Å²) in [4.78, 5) is 28.7. The summed E-state index contributed by atoms with van der Waals surface area (Å²) in [5.41, 5.74) is -0.449. The van der Waals surface area contributed by atoms with Crippen molar-refractivity contribution in [1.29, 1.82) is 0 Å². The molecular formula is C18H23FN2O4S. The molecule has 2 fully saturated rings. The van der Waals surface area contributed by atoms with Gasteiger partial charge in [-0.15, -0.1) is 0 Å². The molecule has 1 aromatic carbocycles. The minimum Gasteiger partial charge on any atom is -0.334 e. The maximum atomic E-state index is 13.5. The van der Waals surface area contributed by atoms with Crippen LogP contribution in [-0.4, -0.2) is 66.7 Å². The van der Waals surface area contributed by atoms with Gasteiger partial charge in [0.25, 0.3) is 5.91 Å². The summed E-state index contributed by atoms with van der Waals surface area (Å²) in [5, 5.41) is 0. The SMILES string of the molecule is CC(C)(C)C(=O)N1CCN(C(=O)c2cccc(F)c2)C2CS(=O)(=O)CC21. The van der Waals surface area contributed by atoms with Crippen molar-refractivity contribution in [1.82, 2.24) is 9.80 Å². The molecule has 2 aliphatic heterocycles. The molecule has 0 aromatic heterocycles. The number of hydrogen-bond donors (Lipinski definition) is 0. The molecule has 3 rings (SSSR count). The molecule has 0 spiro atoms. The highest BCUT2D eigenvalue weighted by Crippen LogP contribution is 2.31. The van der Waals surface area contributed by atoms with Gasteiger partial charge >= 0.3 is 0 Å². The minimum absolute atomic E-state index is 0.123. The highest BCUT2D eigenvalue weighted by molar-refractivity contribution is 7.91. The Morgan fingerprint density at radius 2 is 1.65 bits per heavy atom. The molecule has 0 N–H and O–H groups in total. The van der Waals surface area contributed by atoms with Crippen LogP contribution in [0.4, 0.5) is 4.39 Å². The Morgan fingerprint density at radius 1 is 1.08 bits per heavy atom. The highest BCUT2D eigenvalue weighted by Gasteiger charge is 2.50. The lowest BCUT2D eigenvalue weighted by atomic mass is 9.92. The largest absolute Gasteiger partial charge is 0.334 e. The molecule has 1 aromatic rings. The number of benzene rings is 1. The first kappa shape index (κ1) is 18.8. The van der Waals surface area contributed by atoms with E-state index >= 15 is 0 Å². The predicted molar refractivity (Wildman–Crippen MR) is 94.8 cm³/mol. The number of carbonyl (C=O) groups is 2. The van der Waals surface area contributed by atoms with Gasteiger partial charge in [0.15, 0.2) is 9.84 Å². The zero-order chi connectivity index (χ0) is 19.3. The number of fused-ring (bicyclic) bond motifs is 1. The van der Waals surface area contributed by atoms with Gasteiger partial charge in [-0.2, -0.15) is 0 Å². The van der Waals surface area contributed by atoms with Crippen LogP contribution in [0, 0.1) is 11.2 Å². The van der Waals surface area contributed by atoms with E-state index in [9.17, 15) is 22.4 Å². The molecule has 0 radical (unpaired) electrons. The molecule has 2 heterocycles. The lowest BCUT2D eigenvalue weighted by Gasteiger charge is -2.45. The first-order chi connectivity index (χ1) is 12.0. The summed E-state index contributed by atoms with van der Waals surface area (Å²) >= 11 is 0. The van der Waals surface area contributed by atoms with Crippen LogP contribution in [-0.2, 0) is 14.6 Å². The number of piperazine rings is 1. The summed E-state index contributed by atoms with van der Waals surface area (Å²) < 4.78 is 37.9. The van der Waals surface area contributed by atoms with E-state index in [0.717, 1.165) is 6.07 Å². The molecule has 0 aliphatic carbocycles. The third kappa shape index (κ3) is 3.47. The fraction of sp³-hybridized carbons (Fsp3) is 0.556. The molecule has 0 saturated carbocycles. The number of carbonyl (C=O) groups excluding carboxylic acids is 2. The van der Waals surface area contributed by atoms with E-state index < -0.39 is 39.1 Å².